The van der Waals surface area contributed by atoms with Crippen molar-refractivity contribution >= 4 is 33.7 Å². The van der Waals surface area contributed by atoms with Gasteiger partial charge in [0.05, 0.1) is 6.42 Å². The number of anilines is 1. The number of para-hydroxylation sites is 1. The second kappa shape index (κ2) is 10.4. The number of benzene rings is 2. The topological polar surface area (TPSA) is 102 Å². The number of aryl methyl sites for hydroxylation is 1. The Labute approximate surface area is 164 Å². The van der Waals surface area contributed by atoms with Gasteiger partial charge in [0.25, 0.3) is 5.91 Å². The Morgan fingerprint density at radius 3 is 2.43 bits per heavy atom. The summed E-state index contributed by atoms with van der Waals surface area (Å²) in [5.41, 5.74) is 2.27. The summed E-state index contributed by atoms with van der Waals surface area (Å²) in [5.74, 6) is -1.14. The van der Waals surface area contributed by atoms with E-state index in [1.807, 2.05) is 25.1 Å². The number of hydrogen-bond acceptors (Lipinski definition) is 5. The third-order valence-electron chi connectivity index (χ3n) is 3.65. The fourth-order valence-corrected chi connectivity index (χ4v) is 3.01. The van der Waals surface area contributed by atoms with Crippen molar-refractivity contribution in [1.29, 1.82) is 0 Å². The molecule has 0 radical (unpaired) electrons. The predicted octanol–water partition coefficient (Wildman–Crippen LogP) is 2.46. The average Bonchev–Trinajstić information content (AvgIpc) is 2.67. The zero-order valence-electron chi connectivity index (χ0n) is 15.4. The first-order valence-electron chi connectivity index (χ1n) is 8.59. The summed E-state index contributed by atoms with van der Waals surface area (Å²) in [6, 6.07) is 16.2. The molecule has 0 unspecified atom stereocenters. The highest BCUT2D eigenvalue weighted by Crippen LogP contribution is 2.12. The van der Waals surface area contributed by atoms with Crippen molar-refractivity contribution in [1.82, 2.24) is 4.72 Å². The van der Waals surface area contributed by atoms with E-state index in [1.54, 1.807) is 36.4 Å². The number of amides is 1. The van der Waals surface area contributed by atoms with Gasteiger partial charge in [0.15, 0.2) is 6.61 Å². The Bertz CT molecular complexity index is 940. The molecule has 0 bridgehead atoms. The van der Waals surface area contributed by atoms with Crippen molar-refractivity contribution in [2.75, 3.05) is 18.5 Å². The number of nitrogens with one attached hydrogen (secondary N) is 2. The Morgan fingerprint density at radius 1 is 1.04 bits per heavy atom. The molecule has 0 spiro atoms. The Morgan fingerprint density at radius 2 is 1.71 bits per heavy atom. The zero-order chi connectivity index (χ0) is 20.4. The highest BCUT2D eigenvalue weighted by molar-refractivity contribution is 7.92. The number of rotatable bonds is 9. The molecule has 1 amide bonds. The molecule has 0 heterocycles. The largest absolute Gasteiger partial charge is 0.456 e. The van der Waals surface area contributed by atoms with E-state index < -0.39 is 28.5 Å². The number of hydrogen-bond donors (Lipinski definition) is 2. The maximum absolute atomic E-state index is 11.9. The third kappa shape index (κ3) is 7.73. The Balaban J connectivity index is 1.70. The molecule has 28 heavy (non-hydrogen) atoms. The molecule has 0 saturated carbocycles. The summed E-state index contributed by atoms with van der Waals surface area (Å²) in [7, 11) is -3.67. The third-order valence-corrected chi connectivity index (χ3v) is 4.76. The predicted molar refractivity (Wildman–Crippen MR) is 108 cm³/mol. The molecule has 0 aromatic heterocycles. The normalized spacial score (nSPS) is 11.3. The minimum absolute atomic E-state index is 0.125. The monoisotopic (exact) mass is 402 g/mol. The van der Waals surface area contributed by atoms with Crippen LogP contribution in [0.4, 0.5) is 5.69 Å². The first kappa shape index (κ1) is 21.3. The van der Waals surface area contributed by atoms with Crippen molar-refractivity contribution < 1.29 is 22.7 Å². The van der Waals surface area contributed by atoms with Crippen LogP contribution in [0.2, 0.25) is 0 Å². The molecule has 2 aromatic rings. The molecule has 0 aliphatic rings. The SMILES string of the molecule is Cc1ccccc1NC(=O)COC(=O)CCNS(=O)(=O)/C=C/c1ccccc1. The van der Waals surface area contributed by atoms with Crippen LogP contribution in [-0.2, 0) is 24.3 Å². The van der Waals surface area contributed by atoms with Crippen molar-refractivity contribution in [3.63, 3.8) is 0 Å². The summed E-state index contributed by atoms with van der Waals surface area (Å²) in [4.78, 5) is 23.5. The van der Waals surface area contributed by atoms with Gasteiger partial charge < -0.3 is 10.1 Å². The van der Waals surface area contributed by atoms with E-state index in [-0.39, 0.29) is 13.0 Å². The molecular weight excluding hydrogens is 380 g/mol. The van der Waals surface area contributed by atoms with Gasteiger partial charge in [-0.15, -0.1) is 0 Å². The summed E-state index contributed by atoms with van der Waals surface area (Å²) >= 11 is 0. The van der Waals surface area contributed by atoms with E-state index in [1.165, 1.54) is 6.08 Å². The molecular formula is C20H22N2O5S. The van der Waals surface area contributed by atoms with Crippen molar-refractivity contribution in [2.24, 2.45) is 0 Å². The lowest BCUT2D eigenvalue weighted by Crippen LogP contribution is -2.26. The summed E-state index contributed by atoms with van der Waals surface area (Å²) < 4.78 is 30.9. The van der Waals surface area contributed by atoms with Gasteiger partial charge >= 0.3 is 5.97 Å². The maximum Gasteiger partial charge on any atom is 0.307 e. The molecule has 0 saturated heterocycles. The molecule has 2 N–H and O–H groups in total. The average molecular weight is 402 g/mol. The van der Waals surface area contributed by atoms with Gasteiger partial charge in [-0.05, 0) is 30.2 Å². The van der Waals surface area contributed by atoms with Crippen LogP contribution in [0.5, 0.6) is 0 Å². The number of carbonyl (C=O) groups excluding carboxylic acids is 2. The standard InChI is InChI=1S/C20H22N2O5S/c1-16-7-5-6-10-18(16)22-19(23)15-27-20(24)11-13-21-28(25,26)14-12-17-8-3-2-4-9-17/h2-10,12,14,21H,11,13,15H2,1H3,(H,22,23)/b14-12+. The maximum atomic E-state index is 11.9. The van der Waals surface area contributed by atoms with E-state index in [0.29, 0.717) is 5.69 Å². The van der Waals surface area contributed by atoms with Crippen LogP contribution >= 0.6 is 0 Å². The van der Waals surface area contributed by atoms with Crippen LogP contribution in [0.15, 0.2) is 60.0 Å². The number of carbonyl (C=O) groups is 2. The van der Waals surface area contributed by atoms with Gasteiger partial charge in [-0.25, -0.2) is 13.1 Å². The Kier molecular flexibility index (Phi) is 7.91. The van der Waals surface area contributed by atoms with Crippen LogP contribution in [0.1, 0.15) is 17.5 Å². The van der Waals surface area contributed by atoms with Gasteiger partial charge in [0.1, 0.15) is 0 Å². The molecule has 0 aliphatic heterocycles. The fraction of sp³-hybridized carbons (Fsp3) is 0.200. The van der Waals surface area contributed by atoms with Gasteiger partial charge in [0.2, 0.25) is 10.0 Å². The smallest absolute Gasteiger partial charge is 0.307 e. The number of esters is 1. The van der Waals surface area contributed by atoms with Crippen molar-refractivity contribution in [2.45, 2.75) is 13.3 Å². The lowest BCUT2D eigenvalue weighted by molar-refractivity contribution is -0.147. The van der Waals surface area contributed by atoms with E-state index in [9.17, 15) is 18.0 Å². The van der Waals surface area contributed by atoms with Crippen molar-refractivity contribution in [3.05, 3.63) is 71.1 Å². The van der Waals surface area contributed by atoms with Crippen LogP contribution in [0.25, 0.3) is 6.08 Å². The summed E-state index contributed by atoms with van der Waals surface area (Å²) in [6.45, 7) is 1.29. The Hall–Kier alpha value is -2.97. The molecule has 0 fully saturated rings. The number of sulfonamides is 1. The van der Waals surface area contributed by atoms with E-state index in [4.69, 9.17) is 4.74 Å². The van der Waals surface area contributed by atoms with Crippen LogP contribution in [-0.4, -0.2) is 33.4 Å². The van der Waals surface area contributed by atoms with Crippen LogP contribution in [0.3, 0.4) is 0 Å². The van der Waals surface area contributed by atoms with Gasteiger partial charge in [-0.2, -0.15) is 0 Å². The van der Waals surface area contributed by atoms with Gasteiger partial charge in [-0.1, -0.05) is 48.5 Å². The minimum atomic E-state index is -3.67. The van der Waals surface area contributed by atoms with E-state index >= 15 is 0 Å². The second-order valence-electron chi connectivity index (χ2n) is 5.93. The molecule has 148 valence electrons. The van der Waals surface area contributed by atoms with Crippen molar-refractivity contribution in [3.8, 4) is 0 Å². The van der Waals surface area contributed by atoms with E-state index in [0.717, 1.165) is 16.5 Å². The van der Waals surface area contributed by atoms with Crippen LogP contribution in [0, 0.1) is 6.92 Å². The molecule has 0 atom stereocenters. The van der Waals surface area contributed by atoms with Gasteiger partial charge in [0, 0.05) is 17.6 Å². The summed E-state index contributed by atoms with van der Waals surface area (Å²) in [6.07, 6.45) is 1.27. The molecule has 8 heteroatoms. The minimum Gasteiger partial charge on any atom is -0.456 e. The second-order valence-corrected chi connectivity index (χ2v) is 7.58. The molecule has 2 rings (SSSR count). The van der Waals surface area contributed by atoms with E-state index in [2.05, 4.69) is 10.0 Å². The lowest BCUT2D eigenvalue weighted by atomic mass is 10.2. The first-order chi connectivity index (χ1) is 13.4. The highest BCUT2D eigenvalue weighted by Gasteiger charge is 2.11. The lowest BCUT2D eigenvalue weighted by Gasteiger charge is -2.08. The molecule has 7 nitrogen and oxygen atoms in total. The molecule has 0 aliphatic carbocycles. The quantitative estimate of drug-likeness (QED) is 0.628. The van der Waals surface area contributed by atoms with Crippen LogP contribution < -0.4 is 10.0 Å². The van der Waals surface area contributed by atoms with Gasteiger partial charge in [-0.3, -0.25) is 9.59 Å². The molecule has 2 aromatic carbocycles. The zero-order valence-corrected chi connectivity index (χ0v) is 16.2. The highest BCUT2D eigenvalue weighted by atomic mass is 32.2. The number of ether oxygens (including phenoxy) is 1. The first-order valence-corrected chi connectivity index (χ1v) is 10.1. The summed E-state index contributed by atoms with van der Waals surface area (Å²) in [5, 5.41) is 3.67. The fourth-order valence-electron chi connectivity index (χ4n) is 2.19.